The Kier molecular flexibility index (Phi) is 4.06. The van der Waals surface area contributed by atoms with Gasteiger partial charge in [-0.3, -0.25) is 9.59 Å². The van der Waals surface area contributed by atoms with E-state index < -0.39 is 0 Å². The minimum absolute atomic E-state index is 0.0540. The maximum absolute atomic E-state index is 11.7. The minimum Gasteiger partial charge on any atom is -0.492 e. The van der Waals surface area contributed by atoms with Gasteiger partial charge in [0, 0.05) is 18.9 Å². The molecule has 0 saturated carbocycles. The number of carbonyl (C=O) groups excluding carboxylic acids is 2. The van der Waals surface area contributed by atoms with Crippen molar-refractivity contribution in [2.75, 3.05) is 12.4 Å². The zero-order valence-corrected chi connectivity index (χ0v) is 10.8. The summed E-state index contributed by atoms with van der Waals surface area (Å²) in [7, 11) is 0. The molecular formula is C14H12O3S. The molecule has 1 heterocycles. The van der Waals surface area contributed by atoms with E-state index in [1.165, 1.54) is 18.7 Å². The van der Waals surface area contributed by atoms with Crippen LogP contribution < -0.4 is 4.74 Å². The van der Waals surface area contributed by atoms with Gasteiger partial charge in [-0.1, -0.05) is 23.6 Å². The molecule has 1 aliphatic heterocycles. The van der Waals surface area contributed by atoms with E-state index in [1.807, 2.05) is 6.07 Å². The molecule has 0 spiro atoms. The molecule has 0 amide bonds. The Bertz CT molecular complexity index is 552. The van der Waals surface area contributed by atoms with Crippen molar-refractivity contribution in [2.45, 2.75) is 13.3 Å². The van der Waals surface area contributed by atoms with Crippen LogP contribution in [-0.4, -0.2) is 23.3 Å². The molecule has 0 N–H and O–H groups in total. The summed E-state index contributed by atoms with van der Waals surface area (Å²) in [4.78, 5) is 22.4. The fraction of sp³-hybridized carbons (Fsp3) is 0.286. The number of carbonyl (C=O) groups is 2. The van der Waals surface area contributed by atoms with Gasteiger partial charge in [0.15, 0.2) is 10.9 Å². The van der Waals surface area contributed by atoms with Crippen LogP contribution in [0.1, 0.15) is 29.3 Å². The summed E-state index contributed by atoms with van der Waals surface area (Å²) in [5, 5.41) is 0.0540. The van der Waals surface area contributed by atoms with Gasteiger partial charge in [-0.25, -0.2) is 0 Å². The van der Waals surface area contributed by atoms with Crippen LogP contribution in [-0.2, 0) is 4.79 Å². The topological polar surface area (TPSA) is 43.4 Å². The van der Waals surface area contributed by atoms with Crippen LogP contribution in [0.3, 0.4) is 0 Å². The number of thioether (sulfide) groups is 1. The summed E-state index contributed by atoms with van der Waals surface area (Å²) in [6.07, 6.45) is 0.421. The van der Waals surface area contributed by atoms with Crippen molar-refractivity contribution < 1.29 is 14.3 Å². The van der Waals surface area contributed by atoms with Gasteiger partial charge < -0.3 is 4.74 Å². The maximum atomic E-state index is 11.7. The average molecular weight is 260 g/mol. The van der Waals surface area contributed by atoms with Gasteiger partial charge in [-0.05, 0) is 18.2 Å². The molecule has 0 bridgehead atoms. The Balaban J connectivity index is 2.13. The molecule has 0 unspecified atom stereocenters. The second-order valence-electron chi connectivity index (χ2n) is 3.81. The predicted molar refractivity (Wildman–Crippen MR) is 70.9 cm³/mol. The molecule has 0 atom stereocenters. The minimum atomic E-state index is 0.0540. The molecule has 92 valence electrons. The molecular weight excluding hydrogens is 248 g/mol. The predicted octanol–water partition coefficient (Wildman–Crippen LogP) is 2.28. The zero-order valence-electron chi connectivity index (χ0n) is 9.99. The highest BCUT2D eigenvalue weighted by molar-refractivity contribution is 8.13. The molecule has 0 fully saturated rings. The van der Waals surface area contributed by atoms with Crippen molar-refractivity contribution in [3.05, 3.63) is 29.3 Å². The molecule has 1 aromatic rings. The van der Waals surface area contributed by atoms with E-state index in [0.29, 0.717) is 30.1 Å². The van der Waals surface area contributed by atoms with Gasteiger partial charge in [0.05, 0.1) is 17.9 Å². The maximum Gasteiger partial charge on any atom is 0.186 e. The number of benzene rings is 1. The summed E-state index contributed by atoms with van der Waals surface area (Å²) in [6.45, 7) is 1.97. The van der Waals surface area contributed by atoms with Crippen LogP contribution in [0.15, 0.2) is 18.2 Å². The normalized spacial score (nSPS) is 13.1. The molecule has 2 rings (SSSR count). The van der Waals surface area contributed by atoms with E-state index in [4.69, 9.17) is 4.74 Å². The number of hydrogen-bond donors (Lipinski definition) is 0. The zero-order chi connectivity index (χ0) is 13.0. The summed E-state index contributed by atoms with van der Waals surface area (Å²) in [6, 6.07) is 5.35. The summed E-state index contributed by atoms with van der Waals surface area (Å²) >= 11 is 1.18. The SMILES string of the molecule is CC(=O)SCC#Cc1ccc2c(c1)C(=O)CCO2. The first kappa shape index (κ1) is 12.7. The molecule has 0 radical (unpaired) electrons. The average Bonchev–Trinajstić information content (AvgIpc) is 2.35. The third-order valence-corrected chi connectivity index (χ3v) is 3.14. The van der Waals surface area contributed by atoms with E-state index in [0.717, 1.165) is 5.56 Å². The van der Waals surface area contributed by atoms with Crippen molar-refractivity contribution in [3.8, 4) is 17.6 Å². The van der Waals surface area contributed by atoms with Gasteiger partial charge in [0.25, 0.3) is 0 Å². The standard InChI is InChI=1S/C14H12O3S/c1-10(15)18-8-2-3-11-4-5-14-12(9-11)13(16)6-7-17-14/h4-5,9H,6-8H2,1H3. The highest BCUT2D eigenvalue weighted by atomic mass is 32.2. The first-order valence-corrected chi connectivity index (χ1v) is 6.57. The Labute approximate surface area is 110 Å². The van der Waals surface area contributed by atoms with Crippen molar-refractivity contribution in [1.82, 2.24) is 0 Å². The smallest absolute Gasteiger partial charge is 0.186 e. The Morgan fingerprint density at radius 3 is 3.11 bits per heavy atom. The van der Waals surface area contributed by atoms with Crippen LogP contribution in [0.25, 0.3) is 0 Å². The number of fused-ring (bicyclic) bond motifs is 1. The van der Waals surface area contributed by atoms with Crippen molar-refractivity contribution in [2.24, 2.45) is 0 Å². The Morgan fingerprint density at radius 2 is 2.33 bits per heavy atom. The second-order valence-corrected chi connectivity index (χ2v) is 4.97. The molecule has 18 heavy (non-hydrogen) atoms. The van der Waals surface area contributed by atoms with Crippen LogP contribution in [0.4, 0.5) is 0 Å². The number of rotatable bonds is 1. The highest BCUT2D eigenvalue weighted by Gasteiger charge is 2.17. The van der Waals surface area contributed by atoms with E-state index >= 15 is 0 Å². The molecule has 1 aliphatic rings. The monoisotopic (exact) mass is 260 g/mol. The molecule has 0 saturated heterocycles. The highest BCUT2D eigenvalue weighted by Crippen LogP contribution is 2.25. The van der Waals surface area contributed by atoms with Crippen LogP contribution >= 0.6 is 11.8 Å². The third-order valence-electron chi connectivity index (χ3n) is 2.45. The largest absolute Gasteiger partial charge is 0.492 e. The number of ether oxygens (including phenoxy) is 1. The van der Waals surface area contributed by atoms with Crippen molar-refractivity contribution in [1.29, 1.82) is 0 Å². The third kappa shape index (κ3) is 3.14. The lowest BCUT2D eigenvalue weighted by atomic mass is 10.0. The van der Waals surface area contributed by atoms with E-state index in [-0.39, 0.29) is 10.9 Å². The molecule has 3 nitrogen and oxygen atoms in total. The fourth-order valence-corrected chi connectivity index (χ4v) is 1.96. The number of Topliss-reactive ketones (excluding diaryl/α,β-unsaturated/α-hetero) is 1. The summed E-state index contributed by atoms with van der Waals surface area (Å²) < 4.78 is 5.39. The number of ketones is 1. The van der Waals surface area contributed by atoms with Gasteiger partial charge in [-0.15, -0.1) is 0 Å². The van der Waals surface area contributed by atoms with Crippen molar-refractivity contribution >= 4 is 22.7 Å². The quantitative estimate of drug-likeness (QED) is 0.727. The molecule has 1 aromatic carbocycles. The van der Waals surface area contributed by atoms with Crippen LogP contribution in [0.5, 0.6) is 5.75 Å². The van der Waals surface area contributed by atoms with Crippen LogP contribution in [0, 0.1) is 11.8 Å². The van der Waals surface area contributed by atoms with E-state index in [9.17, 15) is 9.59 Å². The van der Waals surface area contributed by atoms with E-state index in [1.54, 1.807) is 12.1 Å². The first-order valence-electron chi connectivity index (χ1n) is 5.59. The Hall–Kier alpha value is -1.73. The van der Waals surface area contributed by atoms with Crippen LogP contribution in [0.2, 0.25) is 0 Å². The number of hydrogen-bond acceptors (Lipinski definition) is 4. The first-order chi connectivity index (χ1) is 8.66. The molecule has 4 heteroatoms. The van der Waals surface area contributed by atoms with E-state index in [2.05, 4.69) is 11.8 Å². The van der Waals surface area contributed by atoms with Gasteiger partial charge in [-0.2, -0.15) is 0 Å². The van der Waals surface area contributed by atoms with Crippen molar-refractivity contribution in [3.63, 3.8) is 0 Å². The summed E-state index contributed by atoms with van der Waals surface area (Å²) in [5.74, 6) is 7.03. The molecule has 0 aromatic heterocycles. The van der Waals surface area contributed by atoms with Gasteiger partial charge in [0.2, 0.25) is 0 Å². The van der Waals surface area contributed by atoms with Gasteiger partial charge >= 0.3 is 0 Å². The fourth-order valence-electron chi connectivity index (χ4n) is 1.62. The molecule has 0 aliphatic carbocycles. The lowest BCUT2D eigenvalue weighted by Gasteiger charge is -2.15. The lowest BCUT2D eigenvalue weighted by Crippen LogP contribution is -2.15. The lowest BCUT2D eigenvalue weighted by molar-refractivity contribution is -0.109. The van der Waals surface area contributed by atoms with Gasteiger partial charge in [0.1, 0.15) is 5.75 Å². The Morgan fingerprint density at radius 1 is 1.50 bits per heavy atom. The second kappa shape index (κ2) is 5.74. The summed E-state index contributed by atoms with van der Waals surface area (Å²) in [5.41, 5.74) is 1.38.